The van der Waals surface area contributed by atoms with Crippen LogP contribution in [0.2, 0.25) is 0 Å². The van der Waals surface area contributed by atoms with Gasteiger partial charge in [-0.05, 0) is 6.92 Å². The molecule has 0 radical (unpaired) electrons. The van der Waals surface area contributed by atoms with Crippen molar-refractivity contribution in [1.29, 1.82) is 0 Å². The zero-order valence-corrected chi connectivity index (χ0v) is 7.43. The highest BCUT2D eigenvalue weighted by atomic mass is 17.0. The molecule has 0 N–H and O–H groups in total. The van der Waals surface area contributed by atoms with E-state index in [2.05, 4.69) is 14.3 Å². The summed E-state index contributed by atoms with van der Waals surface area (Å²) in [6.07, 6.45) is -0.588. The van der Waals surface area contributed by atoms with Gasteiger partial charge in [0.1, 0.15) is 6.42 Å². The molecule has 0 atom stereocenters. The first-order valence-corrected chi connectivity index (χ1v) is 3.64. The number of nitrogens with zero attached hydrogens (tertiary/aromatic N) is 1. The van der Waals surface area contributed by atoms with E-state index in [1.54, 1.807) is 6.92 Å². The smallest absolute Gasteiger partial charge is 0.319 e. The van der Waals surface area contributed by atoms with Crippen LogP contribution in [0.3, 0.4) is 0 Å². The van der Waals surface area contributed by atoms with Crippen LogP contribution in [0.25, 0.3) is 0 Å². The average molecular weight is 207 g/mol. The van der Waals surface area contributed by atoms with Crippen LogP contribution in [0.15, 0.2) is 0 Å². The molecule has 0 aromatic heterocycles. The Labute approximate surface area is 78.8 Å². The van der Waals surface area contributed by atoms with E-state index in [9.17, 15) is 19.7 Å². The quantitative estimate of drug-likeness (QED) is 0.192. The first-order chi connectivity index (χ1) is 6.56. The lowest BCUT2D eigenvalue weighted by Gasteiger charge is -2.02. The molecule has 0 aliphatic heterocycles. The van der Waals surface area contributed by atoms with Crippen LogP contribution in [0.1, 0.15) is 13.3 Å². The number of hydrogen-bond acceptors (Lipinski definition) is 7. The lowest BCUT2D eigenvalue weighted by atomic mass is 10.4. The summed E-state index contributed by atoms with van der Waals surface area (Å²) in [5, 5.41) is 8.49. The van der Waals surface area contributed by atoms with Gasteiger partial charge in [-0.1, -0.05) is 0 Å². The van der Waals surface area contributed by atoms with Gasteiger partial charge in [-0.2, -0.15) is 0 Å². The standard InChI is InChI=1S/C6H9NO7/c1-2-12-5(8)3-6(9)13-4-14-7(10)11/h2-4H2,1H3. The maximum atomic E-state index is 10.7. The van der Waals surface area contributed by atoms with Crippen LogP contribution in [0, 0.1) is 10.1 Å². The molecule has 80 valence electrons. The molecule has 8 heteroatoms. The lowest BCUT2D eigenvalue weighted by molar-refractivity contribution is -0.765. The predicted octanol–water partition coefficient (Wildman–Crippen LogP) is -0.351. The predicted molar refractivity (Wildman–Crippen MR) is 40.3 cm³/mol. The number of rotatable bonds is 6. The normalized spacial score (nSPS) is 8.93. The summed E-state index contributed by atoms with van der Waals surface area (Å²) in [5.74, 6) is -1.69. The van der Waals surface area contributed by atoms with Gasteiger partial charge in [-0.15, -0.1) is 10.1 Å². The minimum atomic E-state index is -1.11. The van der Waals surface area contributed by atoms with Gasteiger partial charge >= 0.3 is 11.9 Å². The van der Waals surface area contributed by atoms with Crippen molar-refractivity contribution in [2.75, 3.05) is 13.4 Å². The van der Waals surface area contributed by atoms with Gasteiger partial charge in [0.2, 0.25) is 6.79 Å². The van der Waals surface area contributed by atoms with Crippen molar-refractivity contribution in [3.63, 3.8) is 0 Å². The van der Waals surface area contributed by atoms with Crippen molar-refractivity contribution in [2.24, 2.45) is 0 Å². The van der Waals surface area contributed by atoms with E-state index in [4.69, 9.17) is 0 Å². The van der Waals surface area contributed by atoms with Crippen molar-refractivity contribution >= 4 is 11.9 Å². The van der Waals surface area contributed by atoms with Gasteiger partial charge in [-0.3, -0.25) is 14.4 Å². The highest BCUT2D eigenvalue weighted by molar-refractivity contribution is 5.91. The van der Waals surface area contributed by atoms with Gasteiger partial charge < -0.3 is 9.47 Å². The largest absolute Gasteiger partial charge is 0.466 e. The average Bonchev–Trinajstić information content (AvgIpc) is 2.03. The number of hydrogen-bond donors (Lipinski definition) is 0. The van der Waals surface area contributed by atoms with E-state index in [1.807, 2.05) is 0 Å². The Morgan fingerprint density at radius 2 is 1.86 bits per heavy atom. The molecule has 0 heterocycles. The van der Waals surface area contributed by atoms with Crippen LogP contribution in [0.5, 0.6) is 0 Å². The lowest BCUT2D eigenvalue weighted by Crippen LogP contribution is -2.16. The number of carbonyl (C=O) groups is 2. The van der Waals surface area contributed by atoms with Crippen molar-refractivity contribution in [3.8, 4) is 0 Å². The Bertz CT molecular complexity index is 226. The molecule has 8 nitrogen and oxygen atoms in total. The second-order valence-corrected chi connectivity index (χ2v) is 1.97. The molecule has 0 aliphatic carbocycles. The Morgan fingerprint density at radius 1 is 1.29 bits per heavy atom. The maximum Gasteiger partial charge on any atom is 0.319 e. The van der Waals surface area contributed by atoms with Crippen LogP contribution in [-0.2, 0) is 23.9 Å². The highest BCUT2D eigenvalue weighted by Crippen LogP contribution is 1.91. The molecule has 0 amide bonds. The summed E-state index contributed by atoms with van der Waals surface area (Å²) < 4.78 is 8.59. The van der Waals surface area contributed by atoms with Gasteiger partial charge in [0.25, 0.3) is 5.09 Å². The van der Waals surface area contributed by atoms with Gasteiger partial charge in [0.05, 0.1) is 6.61 Å². The first-order valence-electron chi connectivity index (χ1n) is 3.64. The van der Waals surface area contributed by atoms with Crippen LogP contribution in [0.4, 0.5) is 0 Å². The van der Waals surface area contributed by atoms with Crippen molar-refractivity contribution in [2.45, 2.75) is 13.3 Å². The number of carbonyl (C=O) groups excluding carboxylic acids is 2. The summed E-state index contributed by atoms with van der Waals surface area (Å²) in [5.41, 5.74) is 0. The molecule has 0 aromatic carbocycles. The molecular weight excluding hydrogens is 198 g/mol. The SMILES string of the molecule is CCOC(=O)CC(=O)OCO[N+](=O)[O-]. The van der Waals surface area contributed by atoms with Gasteiger partial charge in [0, 0.05) is 0 Å². The van der Waals surface area contributed by atoms with Gasteiger partial charge in [0.15, 0.2) is 0 Å². The zero-order valence-electron chi connectivity index (χ0n) is 7.43. The van der Waals surface area contributed by atoms with E-state index in [1.165, 1.54) is 0 Å². The summed E-state index contributed by atoms with van der Waals surface area (Å²) in [7, 11) is 0. The summed E-state index contributed by atoms with van der Waals surface area (Å²) in [4.78, 5) is 34.6. The molecule has 0 spiro atoms. The Kier molecular flexibility index (Phi) is 5.75. The minimum absolute atomic E-state index is 0.150. The Balaban J connectivity index is 3.55. The third-order valence-corrected chi connectivity index (χ3v) is 0.972. The molecule has 0 bridgehead atoms. The molecule has 0 aliphatic rings. The number of ether oxygens (including phenoxy) is 2. The molecule has 14 heavy (non-hydrogen) atoms. The van der Waals surface area contributed by atoms with E-state index in [-0.39, 0.29) is 6.61 Å². The Hall–Kier alpha value is -1.86. The van der Waals surface area contributed by atoms with E-state index in [0.29, 0.717) is 0 Å². The van der Waals surface area contributed by atoms with Crippen LogP contribution >= 0.6 is 0 Å². The van der Waals surface area contributed by atoms with E-state index in [0.717, 1.165) is 0 Å². The monoisotopic (exact) mass is 207 g/mol. The molecule has 0 saturated heterocycles. The third kappa shape index (κ3) is 6.83. The third-order valence-electron chi connectivity index (χ3n) is 0.972. The summed E-state index contributed by atoms with van der Waals surface area (Å²) in [6.45, 7) is 0.905. The topological polar surface area (TPSA) is 105 Å². The fraction of sp³-hybridized carbons (Fsp3) is 0.667. The van der Waals surface area contributed by atoms with E-state index >= 15 is 0 Å². The maximum absolute atomic E-state index is 10.7. The van der Waals surface area contributed by atoms with Gasteiger partial charge in [-0.25, -0.2) is 0 Å². The second kappa shape index (κ2) is 6.63. The zero-order chi connectivity index (χ0) is 11.0. The van der Waals surface area contributed by atoms with Crippen LogP contribution < -0.4 is 0 Å². The molecule has 0 rings (SSSR count). The molecule has 0 aromatic rings. The summed E-state index contributed by atoms with van der Waals surface area (Å²) in [6, 6.07) is 0. The molecule has 0 saturated carbocycles. The van der Waals surface area contributed by atoms with Crippen molar-refractivity contribution in [1.82, 2.24) is 0 Å². The molecule has 0 unspecified atom stereocenters. The highest BCUT2D eigenvalue weighted by Gasteiger charge is 2.11. The first kappa shape index (κ1) is 12.1. The van der Waals surface area contributed by atoms with Crippen molar-refractivity contribution in [3.05, 3.63) is 10.1 Å². The summed E-state index contributed by atoms with van der Waals surface area (Å²) >= 11 is 0. The molecular formula is C6H9NO7. The number of esters is 2. The fourth-order valence-electron chi connectivity index (χ4n) is 0.516. The van der Waals surface area contributed by atoms with Crippen LogP contribution in [-0.4, -0.2) is 30.4 Å². The molecule has 0 fully saturated rings. The minimum Gasteiger partial charge on any atom is -0.466 e. The fourth-order valence-corrected chi connectivity index (χ4v) is 0.516. The second-order valence-electron chi connectivity index (χ2n) is 1.97. The van der Waals surface area contributed by atoms with Crippen molar-refractivity contribution < 1.29 is 29.0 Å². The van der Waals surface area contributed by atoms with E-state index < -0.39 is 30.2 Å². The Morgan fingerprint density at radius 3 is 2.36 bits per heavy atom.